The molecule has 0 bridgehead atoms. The highest BCUT2D eigenvalue weighted by Gasteiger charge is 2.53. The van der Waals surface area contributed by atoms with Crippen molar-refractivity contribution in [2.75, 3.05) is 20.3 Å². The van der Waals surface area contributed by atoms with Gasteiger partial charge in [-0.15, -0.1) is 11.8 Å². The number of aliphatic hydroxyl groups is 1. The maximum absolute atomic E-state index is 15.4. The van der Waals surface area contributed by atoms with E-state index in [0.717, 1.165) is 44.0 Å². The van der Waals surface area contributed by atoms with Crippen molar-refractivity contribution in [3.05, 3.63) is 156 Å². The van der Waals surface area contributed by atoms with E-state index in [9.17, 15) is 9.90 Å². The molecule has 0 amide bonds. The molecule has 3 fully saturated rings. The van der Waals surface area contributed by atoms with E-state index in [1.807, 2.05) is 88.4 Å². The highest BCUT2D eigenvalue weighted by molar-refractivity contribution is 7.99. The lowest BCUT2D eigenvalue weighted by molar-refractivity contribution is -0.274. The zero-order valence-corrected chi connectivity index (χ0v) is 59.8. The van der Waals surface area contributed by atoms with Crippen molar-refractivity contribution in [3.63, 3.8) is 0 Å². The molecule has 13 atom stereocenters. The second-order valence-corrected chi connectivity index (χ2v) is 40.6. The smallest absolute Gasteiger partial charge is 0.334 e. The van der Waals surface area contributed by atoms with Gasteiger partial charge in [0.2, 0.25) is 0 Å². The molecule has 8 rings (SSSR count). The Morgan fingerprint density at radius 3 is 2.07 bits per heavy atom. The van der Waals surface area contributed by atoms with E-state index in [2.05, 4.69) is 136 Å². The van der Waals surface area contributed by atoms with Gasteiger partial charge in [0.15, 0.2) is 16.6 Å². The van der Waals surface area contributed by atoms with Crippen LogP contribution in [0.1, 0.15) is 156 Å². The number of carbonyl (C=O) groups is 2. The summed E-state index contributed by atoms with van der Waals surface area (Å²) in [6.45, 7) is 42.8. The van der Waals surface area contributed by atoms with Crippen molar-refractivity contribution in [1.82, 2.24) is 0 Å². The topological polar surface area (TPSA) is 137 Å². The van der Waals surface area contributed by atoms with Crippen LogP contribution in [0.5, 0.6) is 5.75 Å². The first-order valence-corrected chi connectivity index (χ1v) is 39.6. The first-order valence-electron chi connectivity index (χ1n) is 32.9. The summed E-state index contributed by atoms with van der Waals surface area (Å²) in [6.07, 6.45) is 1.88. The molecular weight excluding hydrogens is 1180 g/mol. The SMILES string of the molecule is C=C([C@H](C)C/C=C(/C[C@@H]1O[C@@H](CCCOC(=O)C(C)(C)C)CC1=C)C(=O)O[C@H]1c2ccccc2-c2ccccc2[C@@H]1Sc1ccccc1)[C@H](O)C[C@@H]1O[C@H]2C[C@@H](O[Si](C)(C)C(C)(C)C)[C@@H](CCO[Si](C)(C)C(C)(C)C)O[C@H]2[C@H](C)[C@H]1OCc1ccc(OC)cc1. The minimum atomic E-state index is -2.28. The molecular formula is C75H106O12SSi2. The highest BCUT2D eigenvalue weighted by Crippen LogP contribution is 2.55. The Bertz CT molecular complexity index is 3090. The molecule has 4 aliphatic rings. The molecule has 4 aromatic rings. The number of methoxy groups -OCH3 is 1. The Labute approximate surface area is 545 Å². The predicted molar refractivity (Wildman–Crippen MR) is 367 cm³/mol. The Balaban J connectivity index is 1.04. The number of thioether (sulfide) groups is 1. The quantitative estimate of drug-likeness (QED) is 0.0210. The number of aliphatic hydroxyl groups excluding tert-OH is 1. The number of ether oxygens (including phenoxy) is 7. The Hall–Kier alpha value is -4.66. The Kier molecular flexibility index (Phi) is 23.9. The minimum Gasteiger partial charge on any atom is -0.497 e. The fraction of sp³-hybridized carbons (Fsp3) is 0.573. The van der Waals surface area contributed by atoms with E-state index in [0.29, 0.717) is 69.5 Å². The average Bonchev–Trinajstić information content (AvgIpc) is 0.877. The monoisotopic (exact) mass is 1290 g/mol. The van der Waals surface area contributed by atoms with Gasteiger partial charge in [-0.1, -0.05) is 153 Å². The van der Waals surface area contributed by atoms with Gasteiger partial charge in [0, 0.05) is 47.8 Å². The third-order valence-corrected chi connectivity index (χ3v) is 30.3. The second kappa shape index (κ2) is 30.2. The van der Waals surface area contributed by atoms with Crippen molar-refractivity contribution in [3.8, 4) is 16.9 Å². The highest BCUT2D eigenvalue weighted by atomic mass is 32.2. The van der Waals surface area contributed by atoms with Crippen molar-refractivity contribution >= 4 is 40.3 Å². The number of esters is 2. The fourth-order valence-electron chi connectivity index (χ4n) is 12.1. The van der Waals surface area contributed by atoms with E-state index < -0.39 is 58.5 Å². The zero-order chi connectivity index (χ0) is 65.5. The van der Waals surface area contributed by atoms with Crippen molar-refractivity contribution in [2.24, 2.45) is 17.3 Å². The molecule has 12 nitrogen and oxygen atoms in total. The van der Waals surface area contributed by atoms with Crippen molar-refractivity contribution < 1.29 is 56.7 Å². The van der Waals surface area contributed by atoms with Crippen LogP contribution in [0.2, 0.25) is 36.3 Å². The summed E-state index contributed by atoms with van der Waals surface area (Å²) in [6, 6.07) is 34.8. The molecule has 15 heteroatoms. The molecule has 0 radical (unpaired) electrons. The molecule has 3 saturated heterocycles. The molecule has 0 unspecified atom stereocenters. The summed E-state index contributed by atoms with van der Waals surface area (Å²) < 4.78 is 60.2. The average molecular weight is 1290 g/mol. The lowest BCUT2D eigenvalue weighted by Crippen LogP contribution is -2.62. The van der Waals surface area contributed by atoms with Gasteiger partial charge in [-0.3, -0.25) is 4.79 Å². The van der Waals surface area contributed by atoms with Crippen LogP contribution in [-0.4, -0.2) is 109 Å². The maximum atomic E-state index is 15.4. The van der Waals surface area contributed by atoms with Crippen LogP contribution in [0, 0.1) is 17.3 Å². The fourth-order valence-corrected chi connectivity index (χ4v) is 15.8. The van der Waals surface area contributed by atoms with Gasteiger partial charge in [-0.05, 0) is 153 Å². The van der Waals surface area contributed by atoms with Crippen LogP contribution in [0.4, 0.5) is 0 Å². The molecule has 492 valence electrons. The first kappa shape index (κ1) is 71.2. The summed E-state index contributed by atoms with van der Waals surface area (Å²) in [7, 11) is -2.66. The molecule has 0 saturated carbocycles. The van der Waals surface area contributed by atoms with E-state index in [1.165, 1.54) is 0 Å². The minimum absolute atomic E-state index is 0.0274. The molecule has 3 aliphatic heterocycles. The molecule has 3 heterocycles. The number of benzene rings is 4. The molecule has 0 spiro atoms. The van der Waals surface area contributed by atoms with E-state index in [-0.39, 0.29) is 76.5 Å². The van der Waals surface area contributed by atoms with Crippen molar-refractivity contribution in [1.29, 1.82) is 0 Å². The van der Waals surface area contributed by atoms with Crippen LogP contribution in [0.3, 0.4) is 0 Å². The van der Waals surface area contributed by atoms with Crippen molar-refractivity contribution in [2.45, 2.75) is 242 Å². The maximum Gasteiger partial charge on any atom is 0.334 e. The van der Waals surface area contributed by atoms with Crippen LogP contribution >= 0.6 is 11.8 Å². The summed E-state index contributed by atoms with van der Waals surface area (Å²) in [5.41, 5.74) is 6.58. The number of carbonyl (C=O) groups excluding carboxylic acids is 2. The third kappa shape index (κ3) is 17.8. The third-order valence-electron chi connectivity index (χ3n) is 19.9. The molecule has 90 heavy (non-hydrogen) atoms. The van der Waals surface area contributed by atoms with Gasteiger partial charge in [0.1, 0.15) is 11.9 Å². The molecule has 1 aliphatic carbocycles. The van der Waals surface area contributed by atoms with Gasteiger partial charge < -0.3 is 47.1 Å². The summed E-state index contributed by atoms with van der Waals surface area (Å²) >= 11 is 1.69. The predicted octanol–water partition coefficient (Wildman–Crippen LogP) is 17.5. The van der Waals surface area contributed by atoms with Gasteiger partial charge in [0.25, 0.3) is 0 Å². The Morgan fingerprint density at radius 2 is 1.42 bits per heavy atom. The van der Waals surface area contributed by atoms with E-state index >= 15 is 4.79 Å². The van der Waals surface area contributed by atoms with Crippen LogP contribution in [0.15, 0.2) is 144 Å². The lowest BCUT2D eigenvalue weighted by atomic mass is 9.80. The summed E-state index contributed by atoms with van der Waals surface area (Å²) in [5.74, 6) is -0.301. The number of hydrogen-bond acceptors (Lipinski definition) is 13. The lowest BCUT2D eigenvalue weighted by Gasteiger charge is -2.53. The van der Waals surface area contributed by atoms with Gasteiger partial charge in [-0.25, -0.2) is 4.79 Å². The number of fused-ring (bicyclic) bond motifs is 4. The first-order chi connectivity index (χ1) is 42.3. The number of rotatable bonds is 26. The van der Waals surface area contributed by atoms with Crippen LogP contribution in [-0.2, 0) is 53.5 Å². The van der Waals surface area contributed by atoms with Crippen LogP contribution in [0.25, 0.3) is 11.1 Å². The second-order valence-electron chi connectivity index (χ2n) is 29.8. The van der Waals surface area contributed by atoms with Crippen LogP contribution < -0.4 is 4.74 Å². The van der Waals surface area contributed by atoms with E-state index in [4.69, 9.17) is 42.0 Å². The van der Waals surface area contributed by atoms with E-state index in [1.54, 1.807) is 18.9 Å². The summed E-state index contributed by atoms with van der Waals surface area (Å²) in [5, 5.41) is 12.3. The Morgan fingerprint density at radius 1 is 0.789 bits per heavy atom. The zero-order valence-electron chi connectivity index (χ0n) is 56.9. The molecule has 4 aromatic carbocycles. The number of allylic oxidation sites excluding steroid dienone is 1. The molecule has 1 N–H and O–H groups in total. The standard InChI is InChI=1S/C75H106O12SSi2/c1-48(50(3)61(76)45-65-67(81-47-52-35-38-54(79-14)39-36-52)51(4)68-66(84-65)46-64(87-90(17,18)75(11,12)13)62(85-68)40-42-82-89(15,16)74(8,9)10)34-37-53(44-63-49(2)43-55(83-63)27-26-41-80-72(78)73(5,6)7)71(77)86-69-59-32-24-22-30-57(59)58-31-23-25-33-60(58)70(69)88-56-28-20-19-21-29-56/h19-25,28-33,35-39,48,51,55,61-70,76H,2-3,26-27,34,40-47H2,1,4-18H3/b53-37-/t48-,51-,55+,61-,62-,63+,64-,65+,66+,67-,68+,69+,70+/m1/s1. The van der Waals surface area contributed by atoms with Gasteiger partial charge >= 0.3 is 11.9 Å². The molecule has 0 aromatic heterocycles. The van der Waals surface area contributed by atoms with Gasteiger partial charge in [-0.2, -0.15) is 0 Å². The number of hydrogen-bond donors (Lipinski definition) is 1. The normalized spacial score (nSPS) is 25.5. The van der Waals surface area contributed by atoms with Gasteiger partial charge in [0.05, 0.1) is 85.9 Å². The largest absolute Gasteiger partial charge is 0.497 e. The summed E-state index contributed by atoms with van der Waals surface area (Å²) in [4.78, 5) is 29.0.